The number of fused-ring (bicyclic) bond motifs is 1. The molecule has 0 aliphatic carbocycles. The molecular formula is C20H24N4O2. The first kappa shape index (κ1) is 17.9. The highest BCUT2D eigenvalue weighted by atomic mass is 16.5. The largest absolute Gasteiger partial charge is 0.487 e. The summed E-state index contributed by atoms with van der Waals surface area (Å²) >= 11 is 0. The molecule has 1 aromatic carbocycles. The zero-order valence-electron chi connectivity index (χ0n) is 14.9. The van der Waals surface area contributed by atoms with Crippen molar-refractivity contribution in [1.29, 1.82) is 0 Å². The molecule has 2 heterocycles. The zero-order valence-corrected chi connectivity index (χ0v) is 14.9. The Morgan fingerprint density at radius 2 is 2.08 bits per heavy atom. The maximum atomic E-state index is 12.2. The number of benzene rings is 1. The second kappa shape index (κ2) is 9.01. The number of imidazole rings is 1. The highest BCUT2D eigenvalue weighted by Gasteiger charge is 2.07. The molecular weight excluding hydrogens is 328 g/mol. The van der Waals surface area contributed by atoms with Crippen molar-refractivity contribution in [2.75, 3.05) is 19.6 Å². The van der Waals surface area contributed by atoms with E-state index < -0.39 is 0 Å². The fourth-order valence-corrected chi connectivity index (χ4v) is 2.61. The quantitative estimate of drug-likeness (QED) is 0.581. The number of carbonyl (C=O) groups is 1. The van der Waals surface area contributed by atoms with Gasteiger partial charge in [-0.25, -0.2) is 4.98 Å². The summed E-state index contributed by atoms with van der Waals surface area (Å²) in [6.45, 7) is 4.80. The number of aromatic nitrogens is 2. The summed E-state index contributed by atoms with van der Waals surface area (Å²) in [6, 6.07) is 13.1. The van der Waals surface area contributed by atoms with Crippen LogP contribution in [0.15, 0.2) is 54.9 Å². The first-order valence-electron chi connectivity index (χ1n) is 8.90. The third-order valence-electron chi connectivity index (χ3n) is 3.91. The highest BCUT2D eigenvalue weighted by molar-refractivity contribution is 5.94. The van der Waals surface area contributed by atoms with E-state index in [0.717, 1.165) is 30.9 Å². The second-order valence-electron chi connectivity index (χ2n) is 6.02. The minimum atomic E-state index is -0.0959. The van der Waals surface area contributed by atoms with Crippen LogP contribution in [0.3, 0.4) is 0 Å². The van der Waals surface area contributed by atoms with Crippen molar-refractivity contribution >= 4 is 11.6 Å². The lowest BCUT2D eigenvalue weighted by atomic mass is 10.2. The standard InChI is InChI=1S/C20H24N4O2/c1-2-9-21-10-11-22-20(25)16-6-5-7-18(13-16)26-15-17-14-24-12-4-3-8-19(24)23-17/h3-8,12-14,21H,2,9-11,15H2,1H3,(H,22,25). The van der Waals surface area contributed by atoms with Crippen molar-refractivity contribution in [3.63, 3.8) is 0 Å². The van der Waals surface area contributed by atoms with Gasteiger partial charge in [-0.1, -0.05) is 19.1 Å². The smallest absolute Gasteiger partial charge is 0.251 e. The van der Waals surface area contributed by atoms with Crippen LogP contribution in [0.4, 0.5) is 0 Å². The number of nitrogens with zero attached hydrogens (tertiary/aromatic N) is 2. The minimum Gasteiger partial charge on any atom is -0.487 e. The van der Waals surface area contributed by atoms with Gasteiger partial charge >= 0.3 is 0 Å². The van der Waals surface area contributed by atoms with E-state index in [1.807, 2.05) is 47.1 Å². The van der Waals surface area contributed by atoms with Crippen LogP contribution < -0.4 is 15.4 Å². The Bertz CT molecular complexity index is 827. The lowest BCUT2D eigenvalue weighted by molar-refractivity contribution is 0.0953. The van der Waals surface area contributed by atoms with Crippen molar-refractivity contribution in [1.82, 2.24) is 20.0 Å². The Morgan fingerprint density at radius 1 is 1.15 bits per heavy atom. The van der Waals surface area contributed by atoms with Crippen molar-refractivity contribution in [3.8, 4) is 5.75 Å². The highest BCUT2D eigenvalue weighted by Crippen LogP contribution is 2.15. The molecule has 0 saturated heterocycles. The van der Waals surface area contributed by atoms with Gasteiger partial charge in [-0.15, -0.1) is 0 Å². The van der Waals surface area contributed by atoms with Crippen LogP contribution in [0.2, 0.25) is 0 Å². The van der Waals surface area contributed by atoms with Gasteiger partial charge in [-0.2, -0.15) is 0 Å². The van der Waals surface area contributed by atoms with Crippen molar-refractivity contribution in [3.05, 3.63) is 66.1 Å². The number of hydrogen-bond acceptors (Lipinski definition) is 4. The van der Waals surface area contributed by atoms with E-state index >= 15 is 0 Å². The van der Waals surface area contributed by atoms with Crippen LogP contribution in [0.25, 0.3) is 5.65 Å². The summed E-state index contributed by atoms with van der Waals surface area (Å²) in [7, 11) is 0. The summed E-state index contributed by atoms with van der Waals surface area (Å²) in [5.74, 6) is 0.556. The molecule has 0 unspecified atom stereocenters. The molecule has 0 saturated carbocycles. The van der Waals surface area contributed by atoms with Gasteiger partial charge in [0.1, 0.15) is 18.0 Å². The molecule has 0 fully saturated rings. The van der Waals surface area contributed by atoms with Gasteiger partial charge in [0.05, 0.1) is 5.69 Å². The lowest BCUT2D eigenvalue weighted by Gasteiger charge is -2.08. The molecule has 26 heavy (non-hydrogen) atoms. The number of rotatable bonds is 9. The molecule has 3 aromatic rings. The number of carbonyl (C=O) groups excluding carboxylic acids is 1. The molecule has 0 aliphatic rings. The van der Waals surface area contributed by atoms with Crippen molar-refractivity contribution in [2.45, 2.75) is 20.0 Å². The molecule has 0 aliphatic heterocycles. The maximum absolute atomic E-state index is 12.2. The number of pyridine rings is 1. The normalized spacial score (nSPS) is 10.8. The fraction of sp³-hybridized carbons (Fsp3) is 0.300. The van der Waals surface area contributed by atoms with Crippen LogP contribution in [-0.2, 0) is 6.61 Å². The van der Waals surface area contributed by atoms with Gasteiger partial charge < -0.3 is 19.8 Å². The Balaban J connectivity index is 1.54. The van der Waals surface area contributed by atoms with Gasteiger partial charge in [0.25, 0.3) is 5.91 Å². The van der Waals surface area contributed by atoms with Gasteiger partial charge in [0.2, 0.25) is 0 Å². The molecule has 3 rings (SSSR count). The average Bonchev–Trinajstić information content (AvgIpc) is 3.09. The number of hydrogen-bond donors (Lipinski definition) is 2. The van der Waals surface area contributed by atoms with Crippen LogP contribution in [0.1, 0.15) is 29.4 Å². The van der Waals surface area contributed by atoms with E-state index in [-0.39, 0.29) is 5.91 Å². The SMILES string of the molecule is CCCNCCNC(=O)c1cccc(OCc2cn3ccccc3n2)c1. The van der Waals surface area contributed by atoms with Gasteiger partial charge in [0.15, 0.2) is 0 Å². The minimum absolute atomic E-state index is 0.0959. The molecule has 0 bridgehead atoms. The first-order valence-corrected chi connectivity index (χ1v) is 8.90. The summed E-state index contributed by atoms with van der Waals surface area (Å²) in [4.78, 5) is 16.7. The Kier molecular flexibility index (Phi) is 6.22. The summed E-state index contributed by atoms with van der Waals surface area (Å²) < 4.78 is 7.76. The topological polar surface area (TPSA) is 67.7 Å². The number of ether oxygens (including phenoxy) is 1. The first-order chi connectivity index (χ1) is 12.8. The van der Waals surface area contributed by atoms with E-state index in [2.05, 4.69) is 22.5 Å². The van der Waals surface area contributed by atoms with Crippen molar-refractivity contribution in [2.24, 2.45) is 0 Å². The van der Waals surface area contributed by atoms with E-state index in [9.17, 15) is 4.79 Å². The van der Waals surface area contributed by atoms with Crippen LogP contribution in [-0.4, -0.2) is 34.9 Å². The summed E-state index contributed by atoms with van der Waals surface area (Å²) in [5.41, 5.74) is 2.32. The van der Waals surface area contributed by atoms with Crippen LogP contribution in [0.5, 0.6) is 5.75 Å². The molecule has 0 radical (unpaired) electrons. The molecule has 0 atom stereocenters. The molecule has 136 valence electrons. The predicted molar refractivity (Wildman–Crippen MR) is 101 cm³/mol. The fourth-order valence-electron chi connectivity index (χ4n) is 2.61. The number of nitrogens with one attached hydrogen (secondary N) is 2. The van der Waals surface area contributed by atoms with E-state index in [4.69, 9.17) is 4.74 Å². The monoisotopic (exact) mass is 352 g/mol. The Labute approximate surface area is 153 Å². The van der Waals surface area contributed by atoms with Gasteiger partial charge in [-0.05, 0) is 43.3 Å². The zero-order chi connectivity index (χ0) is 18.2. The third kappa shape index (κ3) is 4.83. The van der Waals surface area contributed by atoms with Crippen LogP contribution in [0, 0.1) is 0 Å². The second-order valence-corrected chi connectivity index (χ2v) is 6.02. The van der Waals surface area contributed by atoms with E-state index in [1.54, 1.807) is 12.1 Å². The Hall–Kier alpha value is -2.86. The average molecular weight is 352 g/mol. The van der Waals surface area contributed by atoms with Gasteiger partial charge in [-0.3, -0.25) is 4.79 Å². The molecule has 0 spiro atoms. The molecule has 6 nitrogen and oxygen atoms in total. The third-order valence-corrected chi connectivity index (χ3v) is 3.91. The van der Waals surface area contributed by atoms with Crippen LogP contribution >= 0.6 is 0 Å². The van der Waals surface area contributed by atoms with E-state index in [0.29, 0.717) is 24.5 Å². The van der Waals surface area contributed by atoms with E-state index in [1.165, 1.54) is 0 Å². The maximum Gasteiger partial charge on any atom is 0.251 e. The lowest BCUT2D eigenvalue weighted by Crippen LogP contribution is -2.32. The Morgan fingerprint density at radius 3 is 2.92 bits per heavy atom. The van der Waals surface area contributed by atoms with Crippen molar-refractivity contribution < 1.29 is 9.53 Å². The molecule has 2 aromatic heterocycles. The number of amides is 1. The molecule has 1 amide bonds. The molecule has 6 heteroatoms. The summed E-state index contributed by atoms with van der Waals surface area (Å²) in [5, 5.41) is 6.16. The molecule has 2 N–H and O–H groups in total. The predicted octanol–water partition coefficient (Wildman–Crippen LogP) is 2.64. The van der Waals surface area contributed by atoms with Gasteiger partial charge in [0, 0.05) is 31.0 Å². The summed E-state index contributed by atoms with van der Waals surface area (Å²) in [6.07, 6.45) is 4.97.